The van der Waals surface area contributed by atoms with E-state index in [0.29, 0.717) is 18.7 Å². The minimum Gasteiger partial charge on any atom is -0.384 e. The Labute approximate surface area is 209 Å². The molecule has 196 valence electrons. The lowest BCUT2D eigenvalue weighted by Gasteiger charge is -2.48. The molecule has 0 spiro atoms. The molecule has 2 heterocycles. The number of aliphatic hydroxyl groups is 1. The number of rotatable bonds is 3. The van der Waals surface area contributed by atoms with Crippen molar-refractivity contribution in [2.75, 3.05) is 26.2 Å². The fourth-order valence-corrected chi connectivity index (χ4v) is 5.95. The van der Waals surface area contributed by atoms with Gasteiger partial charge in [-0.3, -0.25) is 9.69 Å². The van der Waals surface area contributed by atoms with Gasteiger partial charge in [-0.1, -0.05) is 26.0 Å². The van der Waals surface area contributed by atoms with E-state index in [9.17, 15) is 27.5 Å². The van der Waals surface area contributed by atoms with Crippen LogP contribution in [-0.2, 0) is 10.4 Å². The predicted octanol–water partition coefficient (Wildman–Crippen LogP) is 5.06. The summed E-state index contributed by atoms with van der Waals surface area (Å²) in [6.45, 7) is 11.0. The Morgan fingerprint density at radius 3 is 2.08 bits per heavy atom. The Hall–Kier alpha value is -2.45. The van der Waals surface area contributed by atoms with Gasteiger partial charge in [0.15, 0.2) is 11.6 Å². The van der Waals surface area contributed by atoms with Crippen molar-refractivity contribution in [3.05, 3.63) is 70.8 Å². The standard InChI is InChI=1S/C28H34F4N2O2/c1-16-12-33(13-17(2)28(16,36)18-6-9-23(30)25(32)10-18)26(35)22-15-34(27(3,4)5)14-21(22)20-8-7-19(29)11-24(20)31/h6-11,16-17,21-22,36H,12-15H2,1-5H3. The van der Waals surface area contributed by atoms with E-state index in [2.05, 4.69) is 4.90 Å². The van der Waals surface area contributed by atoms with Gasteiger partial charge in [-0.2, -0.15) is 0 Å². The number of amides is 1. The molecule has 4 unspecified atom stereocenters. The second-order valence-electron chi connectivity index (χ2n) is 11.5. The van der Waals surface area contributed by atoms with Crippen LogP contribution in [0.2, 0.25) is 0 Å². The van der Waals surface area contributed by atoms with Crippen molar-refractivity contribution in [1.82, 2.24) is 9.80 Å². The van der Waals surface area contributed by atoms with Crippen molar-refractivity contribution in [3.63, 3.8) is 0 Å². The first-order chi connectivity index (χ1) is 16.7. The number of nitrogens with zero attached hydrogens (tertiary/aromatic N) is 2. The Kier molecular flexibility index (Phi) is 6.99. The predicted molar refractivity (Wildman–Crippen MR) is 129 cm³/mol. The molecular formula is C28H34F4N2O2. The first-order valence-electron chi connectivity index (χ1n) is 12.4. The lowest BCUT2D eigenvalue weighted by Crippen LogP contribution is -2.57. The number of hydrogen-bond acceptors (Lipinski definition) is 3. The summed E-state index contributed by atoms with van der Waals surface area (Å²) in [7, 11) is 0. The van der Waals surface area contributed by atoms with Crippen LogP contribution in [0.1, 0.15) is 51.7 Å². The molecule has 0 aliphatic carbocycles. The van der Waals surface area contributed by atoms with Crippen LogP contribution in [0.25, 0.3) is 0 Å². The van der Waals surface area contributed by atoms with Gasteiger partial charge in [-0.05, 0) is 50.1 Å². The Balaban J connectivity index is 1.61. The van der Waals surface area contributed by atoms with Crippen molar-refractivity contribution in [1.29, 1.82) is 0 Å². The summed E-state index contributed by atoms with van der Waals surface area (Å²) < 4.78 is 55.9. The normalized spacial score (nSPS) is 29.6. The maximum Gasteiger partial charge on any atom is 0.227 e. The van der Waals surface area contributed by atoms with E-state index in [4.69, 9.17) is 0 Å². The minimum absolute atomic E-state index is 0.151. The van der Waals surface area contributed by atoms with Gasteiger partial charge in [0.1, 0.15) is 11.6 Å². The number of hydrogen-bond donors (Lipinski definition) is 1. The number of benzene rings is 2. The summed E-state index contributed by atoms with van der Waals surface area (Å²) in [5.74, 6) is -5.42. The quantitative estimate of drug-likeness (QED) is 0.592. The fraction of sp³-hybridized carbons (Fsp3) is 0.536. The largest absolute Gasteiger partial charge is 0.384 e. The molecule has 2 aromatic rings. The van der Waals surface area contributed by atoms with Gasteiger partial charge in [-0.15, -0.1) is 0 Å². The maximum absolute atomic E-state index is 14.8. The van der Waals surface area contributed by atoms with Gasteiger partial charge < -0.3 is 10.0 Å². The summed E-state index contributed by atoms with van der Waals surface area (Å²) in [6.07, 6.45) is 0. The molecule has 2 aliphatic rings. The van der Waals surface area contributed by atoms with Crippen LogP contribution in [0.15, 0.2) is 36.4 Å². The highest BCUT2D eigenvalue weighted by Gasteiger charge is 2.50. The summed E-state index contributed by atoms with van der Waals surface area (Å²) >= 11 is 0. The fourth-order valence-electron chi connectivity index (χ4n) is 5.95. The molecule has 0 aromatic heterocycles. The second kappa shape index (κ2) is 9.45. The minimum atomic E-state index is -1.44. The molecule has 4 nitrogen and oxygen atoms in total. The molecule has 0 radical (unpaired) electrons. The third kappa shape index (κ3) is 4.65. The number of carbonyl (C=O) groups excluding carboxylic acids is 1. The van der Waals surface area contributed by atoms with E-state index in [1.807, 2.05) is 20.8 Å². The molecule has 4 atom stereocenters. The summed E-state index contributed by atoms with van der Waals surface area (Å²) in [6, 6.07) is 6.89. The Morgan fingerprint density at radius 2 is 1.53 bits per heavy atom. The molecule has 36 heavy (non-hydrogen) atoms. The van der Waals surface area contributed by atoms with Crippen molar-refractivity contribution in [3.8, 4) is 0 Å². The smallest absolute Gasteiger partial charge is 0.227 e. The van der Waals surface area contributed by atoms with Gasteiger partial charge in [0.25, 0.3) is 0 Å². The molecule has 0 bridgehead atoms. The first-order valence-corrected chi connectivity index (χ1v) is 12.4. The first kappa shape index (κ1) is 26.6. The third-order valence-electron chi connectivity index (χ3n) is 8.13. The maximum atomic E-state index is 14.8. The number of halogens is 4. The topological polar surface area (TPSA) is 43.8 Å². The zero-order valence-corrected chi connectivity index (χ0v) is 21.4. The van der Waals surface area contributed by atoms with Crippen molar-refractivity contribution < 1.29 is 27.5 Å². The molecular weight excluding hydrogens is 472 g/mol. The number of piperidine rings is 1. The van der Waals surface area contributed by atoms with Gasteiger partial charge in [0, 0.05) is 55.5 Å². The highest BCUT2D eigenvalue weighted by atomic mass is 19.2. The van der Waals surface area contributed by atoms with Crippen LogP contribution in [0, 0.1) is 41.0 Å². The zero-order valence-electron chi connectivity index (χ0n) is 21.4. The summed E-state index contributed by atoms with van der Waals surface area (Å²) in [4.78, 5) is 17.7. The molecule has 8 heteroatoms. The lowest BCUT2D eigenvalue weighted by atomic mass is 9.70. The summed E-state index contributed by atoms with van der Waals surface area (Å²) in [5, 5.41) is 11.6. The molecule has 1 N–H and O–H groups in total. The van der Waals surface area contributed by atoms with Crippen LogP contribution in [0.4, 0.5) is 17.6 Å². The molecule has 1 amide bonds. The molecule has 0 saturated carbocycles. The highest BCUT2D eigenvalue weighted by Crippen LogP contribution is 2.44. The average Bonchev–Trinajstić information content (AvgIpc) is 3.24. The van der Waals surface area contributed by atoms with Gasteiger partial charge >= 0.3 is 0 Å². The van der Waals surface area contributed by atoms with Gasteiger partial charge in [0.05, 0.1) is 11.5 Å². The molecule has 4 rings (SSSR count). The zero-order chi connectivity index (χ0) is 26.6. The van der Waals surface area contributed by atoms with E-state index in [1.54, 1.807) is 18.7 Å². The van der Waals surface area contributed by atoms with Crippen LogP contribution in [-0.4, -0.2) is 52.5 Å². The van der Waals surface area contributed by atoms with Crippen LogP contribution < -0.4 is 0 Å². The van der Waals surface area contributed by atoms with Crippen molar-refractivity contribution in [2.45, 2.75) is 51.7 Å². The van der Waals surface area contributed by atoms with Gasteiger partial charge in [-0.25, -0.2) is 17.6 Å². The van der Waals surface area contributed by atoms with E-state index < -0.39 is 52.5 Å². The second-order valence-corrected chi connectivity index (χ2v) is 11.5. The van der Waals surface area contributed by atoms with Crippen molar-refractivity contribution >= 4 is 5.91 Å². The monoisotopic (exact) mass is 506 g/mol. The molecule has 2 fully saturated rings. The SMILES string of the molecule is CC1CN(C(=O)C2CN(C(C)(C)C)CC2c2ccc(F)cc2F)CC(C)C1(O)c1ccc(F)c(F)c1. The molecule has 2 saturated heterocycles. The van der Waals surface area contributed by atoms with Crippen LogP contribution in [0.5, 0.6) is 0 Å². The lowest BCUT2D eigenvalue weighted by molar-refractivity contribution is -0.152. The average molecular weight is 507 g/mol. The van der Waals surface area contributed by atoms with Crippen molar-refractivity contribution in [2.24, 2.45) is 17.8 Å². The summed E-state index contributed by atoms with van der Waals surface area (Å²) in [5.41, 5.74) is -1.10. The van der Waals surface area contributed by atoms with E-state index >= 15 is 0 Å². The number of likely N-dealkylation sites (tertiary alicyclic amines) is 2. The Bertz CT molecular complexity index is 1140. The highest BCUT2D eigenvalue weighted by molar-refractivity contribution is 5.81. The number of carbonyl (C=O) groups is 1. The third-order valence-corrected chi connectivity index (χ3v) is 8.13. The van der Waals surface area contributed by atoms with E-state index in [0.717, 1.165) is 18.2 Å². The van der Waals surface area contributed by atoms with Crippen LogP contribution in [0.3, 0.4) is 0 Å². The van der Waals surface area contributed by atoms with E-state index in [1.165, 1.54) is 18.2 Å². The van der Waals surface area contributed by atoms with Gasteiger partial charge in [0.2, 0.25) is 5.91 Å². The molecule has 2 aliphatic heterocycles. The molecule has 2 aromatic carbocycles. The van der Waals surface area contributed by atoms with E-state index in [-0.39, 0.29) is 30.1 Å². The van der Waals surface area contributed by atoms with Crippen LogP contribution >= 0.6 is 0 Å². The Morgan fingerprint density at radius 1 is 0.889 bits per heavy atom.